The Balaban J connectivity index is 2.82. The Morgan fingerprint density at radius 1 is 1.83 bits per heavy atom. The molecule has 0 saturated heterocycles. The molecule has 0 aliphatic carbocycles. The highest BCUT2D eigenvalue weighted by atomic mass is 127. The first-order valence-corrected chi connectivity index (χ1v) is 4.82. The molecule has 0 aliphatic rings. The van der Waals surface area contributed by atoms with E-state index in [1.807, 2.05) is 22.6 Å². The lowest BCUT2D eigenvalue weighted by Gasteiger charge is -1.96. The van der Waals surface area contributed by atoms with Crippen LogP contribution in [0.5, 0.6) is 0 Å². The first-order valence-electron chi connectivity index (χ1n) is 3.36. The number of halogens is 2. The third kappa shape index (κ3) is 2.13. The Bertz CT molecular complexity index is 278. The summed E-state index contributed by atoms with van der Waals surface area (Å²) in [5, 5.41) is 0.540. The average molecular weight is 299 g/mol. The topological polar surface area (TPSA) is 42.1 Å². The number of carbonyl (C=O) groups is 1. The van der Waals surface area contributed by atoms with Gasteiger partial charge in [0, 0.05) is 0 Å². The van der Waals surface area contributed by atoms with Crippen LogP contribution in [0.3, 0.4) is 0 Å². The lowest BCUT2D eigenvalue weighted by Crippen LogP contribution is -2.04. The summed E-state index contributed by atoms with van der Waals surface area (Å²) in [6.45, 7) is 2.12. The summed E-state index contributed by atoms with van der Waals surface area (Å²) in [4.78, 5) is 13.9. The zero-order valence-corrected chi connectivity index (χ0v) is 9.27. The lowest BCUT2D eigenvalue weighted by atomic mass is 10.4. The predicted octanol–water partition coefficient (Wildman–Crippen LogP) is 2.45. The molecule has 66 valence electrons. The van der Waals surface area contributed by atoms with Crippen molar-refractivity contribution < 1.29 is 9.53 Å². The molecular weight excluding hydrogens is 292 g/mol. The molecule has 0 radical (unpaired) electrons. The Hall–Kier alpha value is -0.230. The number of ether oxygens (including phenoxy) is 1. The van der Waals surface area contributed by atoms with Crippen molar-refractivity contribution in [1.29, 1.82) is 0 Å². The van der Waals surface area contributed by atoms with Gasteiger partial charge in [0.2, 0.25) is 0 Å². The molecule has 0 amide bonds. The highest BCUT2D eigenvalue weighted by Gasteiger charge is 2.11. The maximum Gasteiger partial charge on any atom is 0.354 e. The van der Waals surface area contributed by atoms with Crippen molar-refractivity contribution in [3.63, 3.8) is 0 Å². The van der Waals surface area contributed by atoms with E-state index in [-0.39, 0.29) is 5.97 Å². The summed E-state index contributed by atoms with van der Waals surface area (Å²) in [5.41, 5.74) is 0.395. The van der Waals surface area contributed by atoms with Crippen LogP contribution in [0.2, 0.25) is 5.02 Å². The summed E-state index contributed by atoms with van der Waals surface area (Å²) < 4.78 is 5.51. The van der Waals surface area contributed by atoms with Crippen molar-refractivity contribution in [2.45, 2.75) is 6.92 Å². The number of nitrogens with one attached hydrogen (secondary N) is 1. The fourth-order valence-electron chi connectivity index (χ4n) is 0.723. The predicted molar refractivity (Wildman–Crippen MR) is 54.5 cm³/mol. The average Bonchev–Trinajstić information content (AvgIpc) is 2.33. The molecule has 1 N–H and O–H groups in total. The fourth-order valence-corrected chi connectivity index (χ4v) is 1.33. The van der Waals surface area contributed by atoms with Gasteiger partial charge in [0.1, 0.15) is 5.69 Å². The van der Waals surface area contributed by atoms with Gasteiger partial charge in [-0.05, 0) is 35.6 Å². The molecule has 0 aromatic carbocycles. The number of esters is 1. The van der Waals surface area contributed by atoms with Crippen LogP contribution >= 0.6 is 34.2 Å². The molecule has 0 atom stereocenters. The molecule has 1 aromatic rings. The molecule has 0 fully saturated rings. The van der Waals surface area contributed by atoms with Gasteiger partial charge in [-0.2, -0.15) is 0 Å². The molecule has 1 heterocycles. The van der Waals surface area contributed by atoms with E-state index in [2.05, 4.69) is 4.98 Å². The maximum absolute atomic E-state index is 11.1. The van der Waals surface area contributed by atoms with Gasteiger partial charge < -0.3 is 9.72 Å². The molecule has 0 unspecified atom stereocenters. The van der Waals surface area contributed by atoms with Crippen LogP contribution in [0.25, 0.3) is 0 Å². The first kappa shape index (κ1) is 9.85. The van der Waals surface area contributed by atoms with E-state index >= 15 is 0 Å². The normalized spacial score (nSPS) is 9.92. The lowest BCUT2D eigenvalue weighted by molar-refractivity contribution is 0.0520. The summed E-state index contributed by atoms with van der Waals surface area (Å²) in [6.07, 6.45) is 0. The van der Waals surface area contributed by atoms with Crippen molar-refractivity contribution in [3.05, 3.63) is 20.5 Å². The van der Waals surface area contributed by atoms with E-state index in [1.54, 1.807) is 13.0 Å². The number of hydrogen-bond donors (Lipinski definition) is 1. The van der Waals surface area contributed by atoms with Crippen LogP contribution in [-0.4, -0.2) is 17.6 Å². The van der Waals surface area contributed by atoms with Crippen LogP contribution in [0.4, 0.5) is 0 Å². The minimum absolute atomic E-state index is 0.367. The second kappa shape index (κ2) is 4.13. The molecule has 12 heavy (non-hydrogen) atoms. The Labute approximate surface area is 88.6 Å². The van der Waals surface area contributed by atoms with Gasteiger partial charge in [0.05, 0.1) is 15.3 Å². The summed E-state index contributed by atoms with van der Waals surface area (Å²) >= 11 is 7.74. The van der Waals surface area contributed by atoms with Crippen molar-refractivity contribution in [1.82, 2.24) is 4.98 Å². The smallest absolute Gasteiger partial charge is 0.354 e. The van der Waals surface area contributed by atoms with E-state index in [0.717, 1.165) is 3.70 Å². The van der Waals surface area contributed by atoms with Crippen LogP contribution in [0, 0.1) is 3.70 Å². The maximum atomic E-state index is 11.1. The minimum atomic E-state index is -0.373. The molecule has 1 aromatic heterocycles. The largest absolute Gasteiger partial charge is 0.461 e. The van der Waals surface area contributed by atoms with Gasteiger partial charge in [-0.25, -0.2) is 4.79 Å². The third-order valence-electron chi connectivity index (χ3n) is 1.22. The van der Waals surface area contributed by atoms with Gasteiger partial charge in [0.15, 0.2) is 0 Å². The van der Waals surface area contributed by atoms with E-state index in [0.29, 0.717) is 17.3 Å². The summed E-state index contributed by atoms with van der Waals surface area (Å²) in [6, 6.07) is 1.56. The fraction of sp³-hybridized carbons (Fsp3) is 0.286. The summed E-state index contributed by atoms with van der Waals surface area (Å²) in [5.74, 6) is -0.373. The van der Waals surface area contributed by atoms with E-state index in [1.165, 1.54) is 0 Å². The SMILES string of the molecule is CCOC(=O)c1cc(Cl)c(I)[nH]1. The molecule has 0 saturated carbocycles. The van der Waals surface area contributed by atoms with Crippen molar-refractivity contribution in [3.8, 4) is 0 Å². The number of aromatic amines is 1. The van der Waals surface area contributed by atoms with Crippen molar-refractivity contribution in [2.24, 2.45) is 0 Å². The van der Waals surface area contributed by atoms with E-state index in [9.17, 15) is 4.79 Å². The standard InChI is InChI=1S/C7H7ClINO2/c1-2-12-7(11)5-3-4(8)6(9)10-5/h3,10H,2H2,1H3. The zero-order valence-electron chi connectivity index (χ0n) is 6.36. The second-order valence-corrected chi connectivity index (χ2v) is 3.55. The Morgan fingerprint density at radius 2 is 2.50 bits per heavy atom. The number of carbonyl (C=O) groups excluding carboxylic acids is 1. The molecule has 0 bridgehead atoms. The van der Waals surface area contributed by atoms with Crippen LogP contribution < -0.4 is 0 Å². The molecular formula is C7H7ClINO2. The highest BCUT2D eigenvalue weighted by molar-refractivity contribution is 14.1. The van der Waals surface area contributed by atoms with Crippen LogP contribution in [0.15, 0.2) is 6.07 Å². The molecule has 5 heteroatoms. The highest BCUT2D eigenvalue weighted by Crippen LogP contribution is 2.19. The first-order chi connectivity index (χ1) is 5.65. The number of hydrogen-bond acceptors (Lipinski definition) is 2. The van der Waals surface area contributed by atoms with E-state index in [4.69, 9.17) is 16.3 Å². The van der Waals surface area contributed by atoms with Crippen molar-refractivity contribution >= 4 is 40.2 Å². The summed E-state index contributed by atoms with van der Waals surface area (Å²) in [7, 11) is 0. The van der Waals surface area contributed by atoms with Gasteiger partial charge in [-0.15, -0.1) is 0 Å². The van der Waals surface area contributed by atoms with Crippen LogP contribution in [-0.2, 0) is 4.74 Å². The monoisotopic (exact) mass is 299 g/mol. The Kier molecular flexibility index (Phi) is 3.39. The number of rotatable bonds is 2. The third-order valence-corrected chi connectivity index (χ3v) is 2.69. The van der Waals surface area contributed by atoms with Gasteiger partial charge in [-0.1, -0.05) is 11.6 Å². The van der Waals surface area contributed by atoms with Crippen LogP contribution in [0.1, 0.15) is 17.4 Å². The molecule has 3 nitrogen and oxygen atoms in total. The number of aromatic nitrogens is 1. The van der Waals surface area contributed by atoms with Crippen molar-refractivity contribution in [2.75, 3.05) is 6.61 Å². The van der Waals surface area contributed by atoms with Gasteiger partial charge in [0.25, 0.3) is 0 Å². The quantitative estimate of drug-likeness (QED) is 0.673. The molecule has 0 aliphatic heterocycles. The molecule has 1 rings (SSSR count). The number of H-pyrrole nitrogens is 1. The van der Waals surface area contributed by atoms with E-state index < -0.39 is 0 Å². The van der Waals surface area contributed by atoms with Gasteiger partial charge >= 0.3 is 5.97 Å². The minimum Gasteiger partial charge on any atom is -0.461 e. The second-order valence-electron chi connectivity index (χ2n) is 2.07. The zero-order chi connectivity index (χ0) is 9.14. The Morgan fingerprint density at radius 3 is 2.92 bits per heavy atom. The van der Waals surface area contributed by atoms with Gasteiger partial charge in [-0.3, -0.25) is 0 Å². The molecule has 0 spiro atoms.